The smallest absolute Gasteiger partial charge is 0.251 e. The average molecular weight is 369 g/mol. The van der Waals surface area contributed by atoms with Gasteiger partial charge in [-0.05, 0) is 37.1 Å². The Morgan fingerprint density at radius 2 is 2.09 bits per heavy atom. The second kappa shape index (κ2) is 8.29. The Hall–Kier alpha value is -1.40. The van der Waals surface area contributed by atoms with E-state index in [-0.39, 0.29) is 17.9 Å². The number of amides is 2. The molecule has 1 N–H and O–H groups in total. The van der Waals surface area contributed by atoms with Gasteiger partial charge in [-0.3, -0.25) is 9.59 Å². The quantitative estimate of drug-likeness (QED) is 0.837. The first-order chi connectivity index (χ1) is 10.6. The van der Waals surface area contributed by atoms with Crippen molar-refractivity contribution in [1.82, 2.24) is 10.2 Å². The van der Waals surface area contributed by atoms with E-state index in [1.54, 1.807) is 24.0 Å². The van der Waals surface area contributed by atoms with Gasteiger partial charge >= 0.3 is 0 Å². The number of hydrogen-bond acceptors (Lipinski definition) is 3. The third-order valence-corrected chi connectivity index (χ3v) is 4.20. The van der Waals surface area contributed by atoms with Crippen LogP contribution < -0.4 is 5.32 Å². The molecule has 22 heavy (non-hydrogen) atoms. The highest BCUT2D eigenvalue weighted by atomic mass is 79.9. The van der Waals surface area contributed by atoms with Crippen LogP contribution in [0.1, 0.15) is 30.1 Å². The van der Waals surface area contributed by atoms with Gasteiger partial charge in [0.05, 0.1) is 6.10 Å². The van der Waals surface area contributed by atoms with Crippen LogP contribution in [0.2, 0.25) is 0 Å². The minimum Gasteiger partial charge on any atom is -0.376 e. The number of halogens is 1. The Bertz CT molecular complexity index is 513. The molecular formula is C16H21BrN2O3. The normalized spacial score (nSPS) is 17.3. The molecule has 1 aromatic carbocycles. The van der Waals surface area contributed by atoms with Crippen LogP contribution in [0.15, 0.2) is 28.7 Å². The number of carbonyl (C=O) groups excluding carboxylic acids is 2. The molecular weight excluding hydrogens is 348 g/mol. The Morgan fingerprint density at radius 1 is 1.36 bits per heavy atom. The number of carbonyl (C=O) groups is 2. The van der Waals surface area contributed by atoms with Crippen molar-refractivity contribution in [3.8, 4) is 0 Å². The molecule has 1 atom stereocenters. The summed E-state index contributed by atoms with van der Waals surface area (Å²) < 4.78 is 6.49. The molecule has 1 aromatic rings. The van der Waals surface area contributed by atoms with Crippen LogP contribution in [0.25, 0.3) is 0 Å². The van der Waals surface area contributed by atoms with E-state index in [1.807, 2.05) is 12.1 Å². The van der Waals surface area contributed by atoms with Crippen LogP contribution in [-0.2, 0) is 9.53 Å². The van der Waals surface area contributed by atoms with E-state index in [0.717, 1.165) is 23.9 Å². The van der Waals surface area contributed by atoms with Crippen LogP contribution in [0.4, 0.5) is 0 Å². The highest BCUT2D eigenvalue weighted by Gasteiger charge is 2.20. The molecule has 0 bridgehead atoms. The fourth-order valence-electron chi connectivity index (χ4n) is 2.42. The highest BCUT2D eigenvalue weighted by Crippen LogP contribution is 2.13. The molecule has 5 nitrogen and oxygen atoms in total. The Kier molecular flexibility index (Phi) is 6.39. The molecule has 1 aliphatic heterocycles. The zero-order chi connectivity index (χ0) is 15.9. The summed E-state index contributed by atoms with van der Waals surface area (Å²) in [6, 6.07) is 7.17. The van der Waals surface area contributed by atoms with Crippen LogP contribution >= 0.6 is 15.9 Å². The number of nitrogens with one attached hydrogen (secondary N) is 1. The summed E-state index contributed by atoms with van der Waals surface area (Å²) in [7, 11) is 0. The Morgan fingerprint density at radius 3 is 2.68 bits per heavy atom. The summed E-state index contributed by atoms with van der Waals surface area (Å²) in [5, 5.41) is 2.84. The standard InChI is InChI=1S/C16H21BrN2O3/c1-12(20)19(11-15-3-2-10-22-15)9-8-18-16(21)13-4-6-14(17)7-5-13/h4-7,15H,2-3,8-11H2,1H3,(H,18,21). The third-order valence-electron chi connectivity index (χ3n) is 3.67. The minimum atomic E-state index is -0.131. The summed E-state index contributed by atoms with van der Waals surface area (Å²) in [6.07, 6.45) is 2.18. The van der Waals surface area contributed by atoms with Gasteiger partial charge in [-0.2, -0.15) is 0 Å². The molecule has 6 heteroatoms. The molecule has 0 spiro atoms. The number of hydrogen-bond donors (Lipinski definition) is 1. The molecule has 2 rings (SSSR count). The maximum absolute atomic E-state index is 12.0. The monoisotopic (exact) mass is 368 g/mol. The van der Waals surface area contributed by atoms with E-state index in [9.17, 15) is 9.59 Å². The molecule has 1 heterocycles. The number of rotatable bonds is 6. The van der Waals surface area contributed by atoms with Gasteiger partial charge in [0.2, 0.25) is 5.91 Å². The van der Waals surface area contributed by atoms with E-state index in [4.69, 9.17) is 4.74 Å². The maximum atomic E-state index is 12.0. The maximum Gasteiger partial charge on any atom is 0.251 e. The molecule has 120 valence electrons. The number of ether oxygens (including phenoxy) is 1. The zero-order valence-corrected chi connectivity index (χ0v) is 14.3. The third kappa shape index (κ3) is 5.10. The first-order valence-corrected chi connectivity index (χ1v) is 8.26. The first kappa shape index (κ1) is 17.0. The van der Waals surface area contributed by atoms with Gasteiger partial charge in [-0.25, -0.2) is 0 Å². The van der Waals surface area contributed by atoms with Crippen molar-refractivity contribution in [3.05, 3.63) is 34.3 Å². The van der Waals surface area contributed by atoms with Crippen LogP contribution in [0, 0.1) is 0 Å². The van der Waals surface area contributed by atoms with Gasteiger partial charge in [0.15, 0.2) is 0 Å². The lowest BCUT2D eigenvalue weighted by molar-refractivity contribution is -0.130. The predicted octanol–water partition coefficient (Wildman–Crippen LogP) is 2.21. The molecule has 0 aromatic heterocycles. The van der Waals surface area contributed by atoms with Crippen LogP contribution in [0.5, 0.6) is 0 Å². The Labute approximate surface area is 139 Å². The molecule has 1 fully saturated rings. The van der Waals surface area contributed by atoms with Crippen molar-refractivity contribution in [2.45, 2.75) is 25.9 Å². The summed E-state index contributed by atoms with van der Waals surface area (Å²) in [6.45, 7) is 3.85. The van der Waals surface area contributed by atoms with Gasteiger partial charge in [-0.15, -0.1) is 0 Å². The SMILES string of the molecule is CC(=O)N(CCNC(=O)c1ccc(Br)cc1)CC1CCCO1. The van der Waals surface area contributed by atoms with Gasteiger partial charge in [-0.1, -0.05) is 15.9 Å². The lowest BCUT2D eigenvalue weighted by atomic mass is 10.2. The zero-order valence-electron chi connectivity index (χ0n) is 12.7. The van der Waals surface area contributed by atoms with Crippen molar-refractivity contribution in [1.29, 1.82) is 0 Å². The lowest BCUT2D eigenvalue weighted by Gasteiger charge is -2.24. The fourth-order valence-corrected chi connectivity index (χ4v) is 2.68. The van der Waals surface area contributed by atoms with Crippen LogP contribution in [-0.4, -0.2) is 49.1 Å². The predicted molar refractivity (Wildman–Crippen MR) is 87.7 cm³/mol. The molecule has 1 aliphatic rings. The molecule has 1 unspecified atom stereocenters. The molecule has 1 saturated heterocycles. The highest BCUT2D eigenvalue weighted by molar-refractivity contribution is 9.10. The molecule has 0 aliphatic carbocycles. The molecule has 0 saturated carbocycles. The fraction of sp³-hybridized carbons (Fsp3) is 0.500. The number of nitrogens with zero attached hydrogens (tertiary/aromatic N) is 1. The van der Waals surface area contributed by atoms with E-state index < -0.39 is 0 Å². The number of benzene rings is 1. The Balaban J connectivity index is 1.78. The van der Waals surface area contributed by atoms with Gasteiger partial charge in [0, 0.05) is 43.2 Å². The van der Waals surface area contributed by atoms with E-state index in [0.29, 0.717) is 25.2 Å². The average Bonchev–Trinajstić information content (AvgIpc) is 2.99. The summed E-state index contributed by atoms with van der Waals surface area (Å²) in [4.78, 5) is 25.4. The van der Waals surface area contributed by atoms with Crippen molar-refractivity contribution in [2.75, 3.05) is 26.2 Å². The largest absolute Gasteiger partial charge is 0.376 e. The van der Waals surface area contributed by atoms with E-state index in [1.165, 1.54) is 0 Å². The van der Waals surface area contributed by atoms with Gasteiger partial charge < -0.3 is 15.0 Å². The molecule has 2 amide bonds. The van der Waals surface area contributed by atoms with E-state index in [2.05, 4.69) is 21.2 Å². The van der Waals surface area contributed by atoms with Gasteiger partial charge in [0.1, 0.15) is 0 Å². The second-order valence-corrected chi connectivity index (χ2v) is 6.28. The summed E-state index contributed by atoms with van der Waals surface area (Å²) >= 11 is 3.34. The van der Waals surface area contributed by atoms with Crippen molar-refractivity contribution in [2.24, 2.45) is 0 Å². The van der Waals surface area contributed by atoms with Gasteiger partial charge in [0.25, 0.3) is 5.91 Å². The second-order valence-electron chi connectivity index (χ2n) is 5.36. The van der Waals surface area contributed by atoms with Crippen molar-refractivity contribution >= 4 is 27.7 Å². The topological polar surface area (TPSA) is 58.6 Å². The van der Waals surface area contributed by atoms with Crippen molar-refractivity contribution < 1.29 is 14.3 Å². The van der Waals surface area contributed by atoms with Crippen molar-refractivity contribution in [3.63, 3.8) is 0 Å². The minimum absolute atomic E-state index is 0.00777. The molecule has 0 radical (unpaired) electrons. The summed E-state index contributed by atoms with van der Waals surface area (Å²) in [5.74, 6) is -0.124. The first-order valence-electron chi connectivity index (χ1n) is 7.47. The van der Waals surface area contributed by atoms with Crippen LogP contribution in [0.3, 0.4) is 0 Å². The lowest BCUT2D eigenvalue weighted by Crippen LogP contribution is -2.41. The van der Waals surface area contributed by atoms with E-state index >= 15 is 0 Å². The summed E-state index contributed by atoms with van der Waals surface area (Å²) in [5.41, 5.74) is 0.608.